The number of nitrogens with zero attached hydrogens (tertiary/aromatic N) is 7. The monoisotopic (exact) mass is 519 g/mol. The van der Waals surface area contributed by atoms with Gasteiger partial charge in [-0.05, 0) is 31.3 Å². The molecule has 1 aliphatic rings. The molecule has 13 heteroatoms. The van der Waals surface area contributed by atoms with E-state index in [4.69, 9.17) is 0 Å². The van der Waals surface area contributed by atoms with Gasteiger partial charge in [-0.1, -0.05) is 6.58 Å². The van der Waals surface area contributed by atoms with Gasteiger partial charge < -0.3 is 20.4 Å². The lowest BCUT2D eigenvalue weighted by Crippen LogP contribution is -2.44. The first-order valence-electron chi connectivity index (χ1n) is 11.7. The Labute approximate surface area is 215 Å². The van der Waals surface area contributed by atoms with Crippen LogP contribution < -0.4 is 21.1 Å². The van der Waals surface area contributed by atoms with Crippen molar-refractivity contribution in [3.05, 3.63) is 77.8 Å². The molecule has 0 radical (unpaired) electrons. The first kappa shape index (κ1) is 24.9. The summed E-state index contributed by atoms with van der Waals surface area (Å²) in [5.74, 6) is -2.52. The van der Waals surface area contributed by atoms with Crippen molar-refractivity contribution in [2.24, 2.45) is 0 Å². The van der Waals surface area contributed by atoms with E-state index in [1.165, 1.54) is 41.6 Å². The van der Waals surface area contributed by atoms with Gasteiger partial charge >= 0.3 is 0 Å². The van der Waals surface area contributed by atoms with E-state index >= 15 is 4.39 Å². The van der Waals surface area contributed by atoms with E-state index in [-0.39, 0.29) is 28.4 Å². The summed E-state index contributed by atoms with van der Waals surface area (Å²) in [6, 6.07) is 4.54. The zero-order valence-corrected chi connectivity index (χ0v) is 20.4. The van der Waals surface area contributed by atoms with E-state index in [0.29, 0.717) is 24.5 Å². The minimum Gasteiger partial charge on any atom is -0.367 e. The van der Waals surface area contributed by atoms with Crippen LogP contribution in [0.2, 0.25) is 0 Å². The Morgan fingerprint density at radius 2 is 1.87 bits per heavy atom. The van der Waals surface area contributed by atoms with E-state index in [2.05, 4.69) is 42.0 Å². The van der Waals surface area contributed by atoms with Gasteiger partial charge in [0.05, 0.1) is 35.1 Å². The van der Waals surface area contributed by atoms with Crippen LogP contribution in [0.3, 0.4) is 0 Å². The molecule has 1 aromatic carbocycles. The lowest BCUT2D eigenvalue weighted by atomic mass is 10.2. The summed E-state index contributed by atoms with van der Waals surface area (Å²) in [7, 11) is 1.98. The van der Waals surface area contributed by atoms with E-state index in [0.717, 1.165) is 19.2 Å². The maximum atomic E-state index is 15.0. The smallest absolute Gasteiger partial charge is 0.283 e. The Morgan fingerprint density at radius 3 is 2.63 bits per heavy atom. The highest BCUT2D eigenvalue weighted by molar-refractivity contribution is 5.98. The van der Waals surface area contributed by atoms with E-state index < -0.39 is 23.1 Å². The van der Waals surface area contributed by atoms with Gasteiger partial charge in [-0.3, -0.25) is 19.1 Å². The van der Waals surface area contributed by atoms with Crippen molar-refractivity contribution in [2.75, 3.05) is 48.8 Å². The number of hydrogen-bond acceptors (Lipinski definition) is 9. The number of piperazine rings is 1. The SMILES string of the molecule is C=CC(=O)Nc1cncc(-n2cnc(=O)c3cnc(Nc4ccc(N5CCN(C)CC5)c(F)c4F)nc32)c1. The summed E-state index contributed by atoms with van der Waals surface area (Å²) in [6.07, 6.45) is 6.54. The first-order valence-corrected chi connectivity index (χ1v) is 11.7. The lowest BCUT2D eigenvalue weighted by molar-refractivity contribution is -0.111. The predicted octanol–water partition coefficient (Wildman–Crippen LogP) is 2.47. The maximum Gasteiger partial charge on any atom is 0.283 e. The Bertz CT molecular complexity index is 1600. The molecule has 38 heavy (non-hydrogen) atoms. The van der Waals surface area contributed by atoms with Gasteiger partial charge in [0.2, 0.25) is 11.9 Å². The Morgan fingerprint density at radius 1 is 1.08 bits per heavy atom. The summed E-state index contributed by atoms with van der Waals surface area (Å²) in [5.41, 5.74) is 0.425. The summed E-state index contributed by atoms with van der Waals surface area (Å²) < 4.78 is 31.5. The van der Waals surface area contributed by atoms with Crippen LogP contribution in [0.15, 0.2) is 60.6 Å². The van der Waals surface area contributed by atoms with Gasteiger partial charge in [-0.2, -0.15) is 9.97 Å². The molecule has 3 aromatic heterocycles. The molecule has 0 spiro atoms. The number of pyridine rings is 1. The highest BCUT2D eigenvalue weighted by Gasteiger charge is 2.22. The number of halogens is 2. The minimum absolute atomic E-state index is 0.0634. The largest absolute Gasteiger partial charge is 0.367 e. The van der Waals surface area contributed by atoms with E-state index in [1.807, 2.05) is 7.05 Å². The second kappa shape index (κ2) is 10.3. The summed E-state index contributed by atoms with van der Waals surface area (Å²) in [5, 5.41) is 5.40. The van der Waals surface area contributed by atoms with E-state index in [9.17, 15) is 14.0 Å². The van der Waals surface area contributed by atoms with Gasteiger partial charge in [-0.15, -0.1) is 0 Å². The molecule has 2 N–H and O–H groups in total. The fraction of sp³-hybridized carbons (Fsp3) is 0.200. The van der Waals surface area contributed by atoms with Crippen molar-refractivity contribution in [2.45, 2.75) is 0 Å². The standard InChI is InChI=1S/C25H23F2N9O2/c1-3-20(37)31-15-10-16(12-28-11-15)36-14-30-24(38)17-13-29-25(33-23(17)36)32-18-4-5-19(22(27)21(18)26)35-8-6-34(2)7-9-35/h3-5,10-14H,1,6-9H2,2H3,(H,31,37)(H,29,32,33). The number of fused-ring (bicyclic) bond motifs is 1. The van der Waals surface area contributed by atoms with Crippen LogP contribution in [0.4, 0.5) is 31.8 Å². The normalized spacial score (nSPS) is 13.9. The Kier molecular flexibility index (Phi) is 6.75. The minimum atomic E-state index is -1.06. The second-order valence-corrected chi connectivity index (χ2v) is 8.65. The average molecular weight is 520 g/mol. The van der Waals surface area contributed by atoms with Gasteiger partial charge in [-0.25, -0.2) is 13.8 Å². The molecule has 0 saturated carbocycles. The van der Waals surface area contributed by atoms with Crippen LogP contribution in [0.25, 0.3) is 16.7 Å². The molecule has 1 saturated heterocycles. The topological polar surface area (TPSA) is 121 Å². The number of nitrogens with one attached hydrogen (secondary N) is 2. The third-order valence-corrected chi connectivity index (χ3v) is 6.12. The van der Waals surface area contributed by atoms with Gasteiger partial charge in [0.1, 0.15) is 11.7 Å². The highest BCUT2D eigenvalue weighted by Crippen LogP contribution is 2.29. The Hall–Kier alpha value is -4.78. The molecule has 1 aliphatic heterocycles. The molecule has 1 fully saturated rings. The number of amides is 1. The van der Waals surface area contributed by atoms with Crippen LogP contribution >= 0.6 is 0 Å². The van der Waals surface area contributed by atoms with Crippen molar-refractivity contribution < 1.29 is 13.6 Å². The number of aromatic nitrogens is 5. The number of benzene rings is 1. The molecule has 0 aliphatic carbocycles. The zero-order chi connectivity index (χ0) is 26.8. The van der Waals surface area contributed by atoms with Crippen LogP contribution in [0.1, 0.15) is 0 Å². The van der Waals surface area contributed by atoms with Crippen molar-refractivity contribution in [3.63, 3.8) is 0 Å². The second-order valence-electron chi connectivity index (χ2n) is 8.65. The lowest BCUT2D eigenvalue weighted by Gasteiger charge is -2.34. The molecule has 5 rings (SSSR count). The number of carbonyl (C=O) groups is 1. The summed E-state index contributed by atoms with van der Waals surface area (Å²) >= 11 is 0. The summed E-state index contributed by atoms with van der Waals surface area (Å²) in [4.78, 5) is 44.4. The quantitative estimate of drug-likeness (QED) is 0.370. The van der Waals surface area contributed by atoms with Gasteiger partial charge in [0.25, 0.3) is 5.56 Å². The fourth-order valence-electron chi connectivity index (χ4n) is 4.06. The number of rotatable bonds is 6. The fourth-order valence-corrected chi connectivity index (χ4v) is 4.06. The van der Waals surface area contributed by atoms with E-state index in [1.54, 1.807) is 11.0 Å². The average Bonchev–Trinajstić information content (AvgIpc) is 2.92. The van der Waals surface area contributed by atoms with Crippen molar-refractivity contribution in [1.29, 1.82) is 0 Å². The number of anilines is 4. The van der Waals surface area contributed by atoms with Gasteiger partial charge in [0.15, 0.2) is 17.3 Å². The molecule has 4 heterocycles. The van der Waals surface area contributed by atoms with Crippen LogP contribution in [-0.2, 0) is 4.79 Å². The molecule has 11 nitrogen and oxygen atoms in total. The predicted molar refractivity (Wildman–Crippen MR) is 139 cm³/mol. The molecule has 1 amide bonds. The molecule has 0 bridgehead atoms. The van der Waals surface area contributed by atoms with Crippen molar-refractivity contribution in [3.8, 4) is 5.69 Å². The molecule has 0 atom stereocenters. The molecular formula is C25H23F2N9O2. The van der Waals surface area contributed by atoms with Crippen molar-refractivity contribution >= 4 is 40.0 Å². The Balaban J connectivity index is 1.48. The number of likely N-dealkylation sites (N-methyl/N-ethyl adjacent to an activating group) is 1. The summed E-state index contributed by atoms with van der Waals surface area (Å²) in [6.45, 7) is 6.10. The third-order valence-electron chi connectivity index (χ3n) is 6.12. The molecule has 194 valence electrons. The van der Waals surface area contributed by atoms with Crippen LogP contribution in [-0.4, -0.2) is 68.5 Å². The number of hydrogen-bond donors (Lipinski definition) is 2. The molecule has 0 unspecified atom stereocenters. The number of carbonyl (C=O) groups excluding carboxylic acids is 1. The van der Waals surface area contributed by atoms with Crippen LogP contribution in [0, 0.1) is 11.6 Å². The van der Waals surface area contributed by atoms with Crippen molar-refractivity contribution in [1.82, 2.24) is 29.4 Å². The van der Waals surface area contributed by atoms with Crippen LogP contribution in [0.5, 0.6) is 0 Å². The molecule has 4 aromatic rings. The van der Waals surface area contributed by atoms with Gasteiger partial charge in [0, 0.05) is 32.4 Å². The first-order chi connectivity index (χ1) is 18.3. The third kappa shape index (κ3) is 4.91. The molecular weight excluding hydrogens is 496 g/mol. The maximum absolute atomic E-state index is 15.0. The highest BCUT2D eigenvalue weighted by atomic mass is 19.2. The zero-order valence-electron chi connectivity index (χ0n) is 20.4.